The summed E-state index contributed by atoms with van der Waals surface area (Å²) in [6.07, 6.45) is -0.627. The van der Waals surface area contributed by atoms with Gasteiger partial charge in [0.15, 0.2) is 0 Å². The number of anilines is 1. The first-order valence-electron chi connectivity index (χ1n) is 11.7. The number of carbonyl (C=O) groups excluding carboxylic acids is 3. The monoisotopic (exact) mass is 515 g/mol. The van der Waals surface area contributed by atoms with Crippen LogP contribution < -0.4 is 10.6 Å². The Morgan fingerprint density at radius 1 is 1.08 bits per heavy atom. The number of carboxylic acids is 1. The lowest BCUT2D eigenvalue weighted by Crippen LogP contribution is -2.58. The number of aryl methyl sites for hydroxylation is 2. The molecular formula is C24H32F3N3O6. The number of amides is 3. The summed E-state index contributed by atoms with van der Waals surface area (Å²) in [5.41, 5.74) is 2.32. The van der Waals surface area contributed by atoms with Gasteiger partial charge in [-0.05, 0) is 76.1 Å². The van der Waals surface area contributed by atoms with Crippen LogP contribution in [-0.4, -0.2) is 65.3 Å². The number of rotatable bonds is 5. The fraction of sp³-hybridized carbons (Fsp3) is 0.583. The Hall–Kier alpha value is -3.31. The van der Waals surface area contributed by atoms with E-state index in [4.69, 9.17) is 14.6 Å². The van der Waals surface area contributed by atoms with Gasteiger partial charge in [-0.25, -0.2) is 9.59 Å². The van der Waals surface area contributed by atoms with E-state index in [1.165, 1.54) is 11.1 Å². The molecule has 0 spiro atoms. The van der Waals surface area contributed by atoms with Crippen molar-refractivity contribution in [2.75, 3.05) is 25.0 Å². The maximum absolute atomic E-state index is 12.9. The molecule has 3 N–H and O–H groups in total. The van der Waals surface area contributed by atoms with Gasteiger partial charge in [0.25, 0.3) is 0 Å². The molecule has 12 heteroatoms. The largest absolute Gasteiger partial charge is 0.490 e. The van der Waals surface area contributed by atoms with E-state index in [1.54, 1.807) is 25.7 Å². The number of piperidine rings is 1. The van der Waals surface area contributed by atoms with E-state index in [0.29, 0.717) is 32.5 Å². The minimum Gasteiger partial charge on any atom is -0.475 e. The van der Waals surface area contributed by atoms with Crippen molar-refractivity contribution in [2.24, 2.45) is 5.92 Å². The molecule has 2 aliphatic rings. The zero-order valence-electron chi connectivity index (χ0n) is 20.5. The number of carbonyl (C=O) groups is 4. The van der Waals surface area contributed by atoms with Crippen molar-refractivity contribution in [3.63, 3.8) is 0 Å². The Bertz CT molecular complexity index is 972. The van der Waals surface area contributed by atoms with Crippen molar-refractivity contribution >= 4 is 29.6 Å². The van der Waals surface area contributed by atoms with Crippen LogP contribution in [0.25, 0.3) is 0 Å². The highest BCUT2D eigenvalue weighted by atomic mass is 19.4. The van der Waals surface area contributed by atoms with Gasteiger partial charge in [-0.15, -0.1) is 0 Å². The van der Waals surface area contributed by atoms with Gasteiger partial charge in [-0.2, -0.15) is 13.2 Å². The quantitative estimate of drug-likeness (QED) is 0.516. The van der Waals surface area contributed by atoms with Crippen LogP contribution in [0.15, 0.2) is 18.2 Å². The maximum Gasteiger partial charge on any atom is 0.490 e. The molecule has 1 aliphatic heterocycles. The molecule has 36 heavy (non-hydrogen) atoms. The number of fused-ring (bicyclic) bond motifs is 1. The number of carboxylic acid groups (broad SMARTS) is 1. The predicted octanol–water partition coefficient (Wildman–Crippen LogP) is 3.51. The molecule has 0 radical (unpaired) electrons. The van der Waals surface area contributed by atoms with Crippen molar-refractivity contribution in [1.82, 2.24) is 10.2 Å². The number of aliphatic carboxylic acids is 1. The number of ether oxygens (including phenoxy) is 1. The standard InChI is InChI=1S/C22H31N3O4.C2HF3O2/c1-4-29-19(26)16-10-12-25(13-11-16)20(27)22(2,3)24-21(28)23-18-9-8-15-6-5-7-17(15)14-18;3-2(4,5)1(6)7/h8-9,14,16H,4-7,10-13H2,1-3H3,(H2,23,24,28);(H,6,7). The fourth-order valence-corrected chi connectivity index (χ4v) is 4.12. The molecule has 0 saturated carbocycles. The van der Waals surface area contributed by atoms with Crippen LogP contribution in [0.5, 0.6) is 0 Å². The van der Waals surface area contributed by atoms with Crippen LogP contribution in [0, 0.1) is 5.92 Å². The zero-order valence-corrected chi connectivity index (χ0v) is 20.5. The molecule has 3 amide bonds. The molecule has 1 aromatic rings. The van der Waals surface area contributed by atoms with E-state index >= 15 is 0 Å². The normalized spacial score (nSPS) is 15.8. The van der Waals surface area contributed by atoms with Crippen molar-refractivity contribution in [1.29, 1.82) is 0 Å². The highest BCUT2D eigenvalue weighted by molar-refractivity contribution is 5.95. The molecule has 1 heterocycles. The summed E-state index contributed by atoms with van der Waals surface area (Å²) in [7, 11) is 0. The molecule has 1 aliphatic carbocycles. The van der Waals surface area contributed by atoms with Gasteiger partial charge in [0, 0.05) is 18.8 Å². The van der Waals surface area contributed by atoms with Crippen LogP contribution in [0.1, 0.15) is 51.2 Å². The Balaban J connectivity index is 0.000000572. The molecule has 0 atom stereocenters. The fourth-order valence-electron chi connectivity index (χ4n) is 4.12. The highest BCUT2D eigenvalue weighted by Gasteiger charge is 2.38. The van der Waals surface area contributed by atoms with Gasteiger partial charge in [0.05, 0.1) is 12.5 Å². The SMILES string of the molecule is CCOC(=O)C1CCN(C(=O)C(C)(C)NC(=O)Nc2ccc3c(c2)CCC3)CC1.O=C(O)C(F)(F)F. The molecule has 1 saturated heterocycles. The first kappa shape index (κ1) is 28.9. The summed E-state index contributed by atoms with van der Waals surface area (Å²) >= 11 is 0. The number of hydrogen-bond donors (Lipinski definition) is 3. The molecule has 3 rings (SSSR count). The second-order valence-electron chi connectivity index (χ2n) is 9.16. The van der Waals surface area contributed by atoms with Gasteiger partial charge in [0.2, 0.25) is 5.91 Å². The van der Waals surface area contributed by atoms with Crippen LogP contribution >= 0.6 is 0 Å². The third kappa shape index (κ3) is 8.13. The molecule has 0 bridgehead atoms. The zero-order chi connectivity index (χ0) is 27.1. The van der Waals surface area contributed by atoms with E-state index in [2.05, 4.69) is 16.7 Å². The van der Waals surface area contributed by atoms with E-state index in [9.17, 15) is 27.6 Å². The van der Waals surface area contributed by atoms with Gasteiger partial charge < -0.3 is 25.4 Å². The third-order valence-electron chi connectivity index (χ3n) is 5.96. The van der Waals surface area contributed by atoms with Crippen LogP contribution in [0.4, 0.5) is 23.7 Å². The van der Waals surface area contributed by atoms with Crippen LogP contribution in [0.2, 0.25) is 0 Å². The van der Waals surface area contributed by atoms with Gasteiger partial charge >= 0.3 is 24.1 Å². The molecular weight excluding hydrogens is 483 g/mol. The second kappa shape index (κ2) is 12.1. The number of esters is 1. The lowest BCUT2D eigenvalue weighted by molar-refractivity contribution is -0.192. The molecule has 200 valence electrons. The topological polar surface area (TPSA) is 125 Å². The highest BCUT2D eigenvalue weighted by Crippen LogP contribution is 2.25. The molecule has 1 aromatic carbocycles. The average Bonchev–Trinajstić information content (AvgIpc) is 3.26. The number of halogens is 3. The smallest absolute Gasteiger partial charge is 0.475 e. The Morgan fingerprint density at radius 3 is 2.22 bits per heavy atom. The third-order valence-corrected chi connectivity index (χ3v) is 5.96. The Labute approximate surface area is 207 Å². The maximum atomic E-state index is 12.9. The number of urea groups is 1. The Morgan fingerprint density at radius 2 is 1.67 bits per heavy atom. The van der Waals surface area contributed by atoms with E-state index in [0.717, 1.165) is 24.9 Å². The summed E-state index contributed by atoms with van der Waals surface area (Å²) in [5.74, 6) is -3.25. The van der Waals surface area contributed by atoms with E-state index in [1.807, 2.05) is 12.1 Å². The first-order valence-corrected chi connectivity index (χ1v) is 11.7. The number of nitrogens with zero attached hydrogens (tertiary/aromatic N) is 1. The summed E-state index contributed by atoms with van der Waals surface area (Å²) in [6.45, 7) is 6.54. The molecule has 0 unspecified atom stereocenters. The number of benzene rings is 1. The predicted molar refractivity (Wildman–Crippen MR) is 124 cm³/mol. The van der Waals surface area contributed by atoms with Gasteiger partial charge in [-0.1, -0.05) is 6.07 Å². The number of hydrogen-bond acceptors (Lipinski definition) is 5. The van der Waals surface area contributed by atoms with E-state index in [-0.39, 0.29) is 17.8 Å². The minimum atomic E-state index is -5.08. The summed E-state index contributed by atoms with van der Waals surface area (Å²) in [4.78, 5) is 47.9. The molecule has 9 nitrogen and oxygen atoms in total. The lowest BCUT2D eigenvalue weighted by Gasteiger charge is -2.36. The molecule has 1 fully saturated rings. The lowest BCUT2D eigenvalue weighted by atomic mass is 9.94. The average molecular weight is 516 g/mol. The van der Waals surface area contributed by atoms with Gasteiger partial charge in [0.1, 0.15) is 5.54 Å². The summed E-state index contributed by atoms with van der Waals surface area (Å²) in [5, 5.41) is 12.8. The van der Waals surface area contributed by atoms with E-state index < -0.39 is 23.7 Å². The summed E-state index contributed by atoms with van der Waals surface area (Å²) < 4.78 is 36.8. The van der Waals surface area contributed by atoms with Gasteiger partial charge in [-0.3, -0.25) is 9.59 Å². The Kier molecular flexibility index (Phi) is 9.71. The summed E-state index contributed by atoms with van der Waals surface area (Å²) in [6, 6.07) is 5.57. The second-order valence-corrected chi connectivity index (χ2v) is 9.16. The van der Waals surface area contributed by atoms with Crippen molar-refractivity contribution < 1.29 is 42.2 Å². The first-order chi connectivity index (χ1) is 16.7. The number of likely N-dealkylation sites (tertiary alicyclic amines) is 1. The minimum absolute atomic E-state index is 0.149. The number of alkyl halides is 3. The molecule has 0 aromatic heterocycles. The van der Waals surface area contributed by atoms with Crippen molar-refractivity contribution in [3.8, 4) is 0 Å². The van der Waals surface area contributed by atoms with Crippen molar-refractivity contribution in [2.45, 2.75) is 64.6 Å². The van der Waals surface area contributed by atoms with Crippen LogP contribution in [-0.2, 0) is 32.0 Å². The van der Waals surface area contributed by atoms with Crippen LogP contribution in [0.3, 0.4) is 0 Å². The van der Waals surface area contributed by atoms with Crippen molar-refractivity contribution in [3.05, 3.63) is 29.3 Å². The number of nitrogens with one attached hydrogen (secondary N) is 2.